The number of carbonyl (C=O) groups excluding carboxylic acids is 1. The predicted octanol–water partition coefficient (Wildman–Crippen LogP) is 3.60. The standard InChI is InChI=1S/C19H21N3O2/c1-3-10-20-19(23)15-8-9-18(21-12-15)22(2)13-16-11-14-6-4-5-7-17(14)24-16/h4-9,11-12H,3,10,13H2,1-2H3,(H,20,23). The maximum atomic E-state index is 11.9. The summed E-state index contributed by atoms with van der Waals surface area (Å²) in [5, 5.41) is 3.94. The van der Waals surface area contributed by atoms with Crippen molar-refractivity contribution in [2.75, 3.05) is 18.5 Å². The molecule has 0 saturated heterocycles. The number of nitrogens with zero attached hydrogens (tertiary/aromatic N) is 2. The number of nitrogens with one attached hydrogen (secondary N) is 1. The van der Waals surface area contributed by atoms with Gasteiger partial charge in [-0.2, -0.15) is 0 Å². The van der Waals surface area contributed by atoms with Gasteiger partial charge < -0.3 is 14.6 Å². The first-order chi connectivity index (χ1) is 11.7. The zero-order chi connectivity index (χ0) is 16.9. The number of pyridine rings is 1. The van der Waals surface area contributed by atoms with E-state index in [9.17, 15) is 4.79 Å². The Morgan fingerprint density at radius 2 is 2.08 bits per heavy atom. The monoisotopic (exact) mass is 323 g/mol. The molecular weight excluding hydrogens is 302 g/mol. The molecule has 0 atom stereocenters. The summed E-state index contributed by atoms with van der Waals surface area (Å²) in [5.41, 5.74) is 1.46. The van der Waals surface area contributed by atoms with Gasteiger partial charge in [-0.05, 0) is 30.7 Å². The fourth-order valence-electron chi connectivity index (χ4n) is 2.52. The predicted molar refractivity (Wildman–Crippen MR) is 95.2 cm³/mol. The molecule has 2 aromatic heterocycles. The Kier molecular flexibility index (Phi) is 4.79. The van der Waals surface area contributed by atoms with Crippen LogP contribution in [0.15, 0.2) is 53.1 Å². The maximum absolute atomic E-state index is 11.9. The fraction of sp³-hybridized carbons (Fsp3) is 0.263. The molecule has 5 nitrogen and oxygen atoms in total. The average molecular weight is 323 g/mol. The summed E-state index contributed by atoms with van der Waals surface area (Å²) < 4.78 is 5.83. The number of aromatic nitrogens is 1. The van der Waals surface area contributed by atoms with Crippen LogP contribution in [0.5, 0.6) is 0 Å². The summed E-state index contributed by atoms with van der Waals surface area (Å²) in [6.07, 6.45) is 2.52. The van der Waals surface area contributed by atoms with Crippen molar-refractivity contribution in [2.45, 2.75) is 19.9 Å². The highest BCUT2D eigenvalue weighted by molar-refractivity contribution is 5.94. The van der Waals surface area contributed by atoms with Crippen LogP contribution in [-0.4, -0.2) is 24.5 Å². The molecule has 5 heteroatoms. The molecule has 0 saturated carbocycles. The van der Waals surface area contributed by atoms with E-state index < -0.39 is 0 Å². The van der Waals surface area contributed by atoms with Gasteiger partial charge in [0.05, 0.1) is 12.1 Å². The van der Waals surface area contributed by atoms with E-state index in [-0.39, 0.29) is 5.91 Å². The lowest BCUT2D eigenvalue weighted by Crippen LogP contribution is -2.24. The van der Waals surface area contributed by atoms with Crippen LogP contribution in [0, 0.1) is 0 Å². The van der Waals surface area contributed by atoms with E-state index in [1.807, 2.05) is 55.3 Å². The number of rotatable bonds is 6. The van der Waals surface area contributed by atoms with Crippen LogP contribution in [0.2, 0.25) is 0 Å². The number of amides is 1. The van der Waals surface area contributed by atoms with Crippen LogP contribution in [0.25, 0.3) is 11.0 Å². The third-order valence-corrected chi connectivity index (χ3v) is 3.81. The van der Waals surface area contributed by atoms with Crippen LogP contribution in [-0.2, 0) is 6.54 Å². The van der Waals surface area contributed by atoms with Crippen molar-refractivity contribution in [3.63, 3.8) is 0 Å². The van der Waals surface area contributed by atoms with Gasteiger partial charge in [0, 0.05) is 25.2 Å². The van der Waals surface area contributed by atoms with E-state index in [0.29, 0.717) is 18.7 Å². The van der Waals surface area contributed by atoms with Crippen LogP contribution < -0.4 is 10.2 Å². The van der Waals surface area contributed by atoms with Gasteiger partial charge in [-0.1, -0.05) is 25.1 Å². The first-order valence-electron chi connectivity index (χ1n) is 8.10. The SMILES string of the molecule is CCCNC(=O)c1ccc(N(C)Cc2cc3ccccc3o2)nc1. The Hall–Kier alpha value is -2.82. The van der Waals surface area contributed by atoms with Crippen molar-refractivity contribution < 1.29 is 9.21 Å². The number of furan rings is 1. The van der Waals surface area contributed by atoms with Crippen molar-refractivity contribution in [2.24, 2.45) is 0 Å². The van der Waals surface area contributed by atoms with Gasteiger partial charge in [0.1, 0.15) is 17.2 Å². The summed E-state index contributed by atoms with van der Waals surface area (Å²) in [6.45, 7) is 3.31. The molecule has 2 heterocycles. The first kappa shape index (κ1) is 16.1. The van der Waals surface area contributed by atoms with Gasteiger partial charge in [0.15, 0.2) is 0 Å². The van der Waals surface area contributed by atoms with E-state index >= 15 is 0 Å². The minimum absolute atomic E-state index is 0.0872. The van der Waals surface area contributed by atoms with E-state index in [0.717, 1.165) is 29.0 Å². The number of benzene rings is 1. The van der Waals surface area contributed by atoms with Gasteiger partial charge in [-0.25, -0.2) is 4.98 Å². The lowest BCUT2D eigenvalue weighted by molar-refractivity contribution is 0.0953. The Balaban J connectivity index is 1.68. The molecule has 3 aromatic rings. The van der Waals surface area contributed by atoms with Crippen molar-refractivity contribution in [1.29, 1.82) is 0 Å². The second-order valence-electron chi connectivity index (χ2n) is 5.77. The molecule has 124 valence electrons. The second-order valence-corrected chi connectivity index (χ2v) is 5.77. The summed E-state index contributed by atoms with van der Waals surface area (Å²) in [5.74, 6) is 1.59. The van der Waals surface area contributed by atoms with Crippen LogP contribution in [0.1, 0.15) is 29.5 Å². The van der Waals surface area contributed by atoms with Crippen molar-refractivity contribution in [3.05, 3.63) is 60.0 Å². The lowest BCUT2D eigenvalue weighted by Gasteiger charge is -2.16. The molecule has 3 rings (SSSR count). The molecule has 0 bridgehead atoms. The van der Waals surface area contributed by atoms with Crippen LogP contribution in [0.3, 0.4) is 0 Å². The number of anilines is 1. The molecule has 0 aliphatic rings. The van der Waals surface area contributed by atoms with Gasteiger partial charge in [-0.15, -0.1) is 0 Å². The quantitative estimate of drug-likeness (QED) is 0.753. The van der Waals surface area contributed by atoms with Gasteiger partial charge in [-0.3, -0.25) is 4.79 Å². The third-order valence-electron chi connectivity index (χ3n) is 3.81. The Morgan fingerprint density at radius 3 is 2.79 bits per heavy atom. The van der Waals surface area contributed by atoms with Gasteiger partial charge >= 0.3 is 0 Å². The zero-order valence-corrected chi connectivity index (χ0v) is 14.0. The number of carbonyl (C=O) groups is 1. The molecule has 0 fully saturated rings. The van der Waals surface area contributed by atoms with Crippen molar-refractivity contribution in [3.8, 4) is 0 Å². The van der Waals surface area contributed by atoms with Crippen molar-refractivity contribution >= 4 is 22.7 Å². The molecule has 0 aliphatic carbocycles. The molecule has 0 spiro atoms. The van der Waals surface area contributed by atoms with E-state index in [1.165, 1.54) is 0 Å². The fourth-order valence-corrected chi connectivity index (χ4v) is 2.52. The minimum Gasteiger partial charge on any atom is -0.459 e. The topological polar surface area (TPSA) is 58.4 Å². The Labute approximate surface area is 141 Å². The highest BCUT2D eigenvalue weighted by Gasteiger charge is 2.10. The summed E-state index contributed by atoms with van der Waals surface area (Å²) in [6, 6.07) is 13.6. The van der Waals surface area contributed by atoms with E-state index in [2.05, 4.69) is 10.3 Å². The Morgan fingerprint density at radius 1 is 1.25 bits per heavy atom. The normalized spacial score (nSPS) is 10.8. The molecule has 0 unspecified atom stereocenters. The largest absolute Gasteiger partial charge is 0.459 e. The lowest BCUT2D eigenvalue weighted by atomic mass is 10.2. The molecule has 1 amide bonds. The van der Waals surface area contributed by atoms with Gasteiger partial charge in [0.2, 0.25) is 0 Å². The summed E-state index contributed by atoms with van der Waals surface area (Å²) in [7, 11) is 1.95. The molecular formula is C19H21N3O2. The molecule has 0 radical (unpaired) electrons. The summed E-state index contributed by atoms with van der Waals surface area (Å²) in [4.78, 5) is 18.3. The zero-order valence-electron chi connectivity index (χ0n) is 14.0. The van der Waals surface area contributed by atoms with E-state index in [4.69, 9.17) is 4.42 Å². The van der Waals surface area contributed by atoms with Crippen LogP contribution in [0.4, 0.5) is 5.82 Å². The average Bonchev–Trinajstić information content (AvgIpc) is 3.02. The highest BCUT2D eigenvalue weighted by atomic mass is 16.3. The molecule has 0 aliphatic heterocycles. The second kappa shape index (κ2) is 7.17. The number of hydrogen-bond donors (Lipinski definition) is 1. The number of para-hydroxylation sites is 1. The molecule has 1 N–H and O–H groups in total. The highest BCUT2D eigenvalue weighted by Crippen LogP contribution is 2.21. The first-order valence-corrected chi connectivity index (χ1v) is 8.10. The molecule has 1 aromatic carbocycles. The minimum atomic E-state index is -0.0872. The number of fused-ring (bicyclic) bond motifs is 1. The summed E-state index contributed by atoms with van der Waals surface area (Å²) >= 11 is 0. The van der Waals surface area contributed by atoms with E-state index in [1.54, 1.807) is 12.3 Å². The van der Waals surface area contributed by atoms with Gasteiger partial charge in [0.25, 0.3) is 5.91 Å². The van der Waals surface area contributed by atoms with Crippen molar-refractivity contribution in [1.82, 2.24) is 10.3 Å². The smallest absolute Gasteiger partial charge is 0.252 e. The third kappa shape index (κ3) is 3.56. The maximum Gasteiger partial charge on any atom is 0.252 e. The van der Waals surface area contributed by atoms with Crippen LogP contribution >= 0.6 is 0 Å². The number of hydrogen-bond acceptors (Lipinski definition) is 4. The Bertz CT molecular complexity index is 791. The molecule has 24 heavy (non-hydrogen) atoms.